The van der Waals surface area contributed by atoms with Crippen molar-refractivity contribution in [3.05, 3.63) is 34.6 Å². The molecule has 94 valence electrons. The van der Waals surface area contributed by atoms with Crippen LogP contribution in [0, 0.1) is 5.82 Å². The predicted octanol–water partition coefficient (Wildman–Crippen LogP) is 2.32. The molecule has 0 fully saturated rings. The number of amides is 1. The molecule has 0 radical (unpaired) electrons. The third kappa shape index (κ3) is 3.68. The first-order valence-electron chi connectivity index (χ1n) is 5.31. The Kier molecular flexibility index (Phi) is 4.90. The Morgan fingerprint density at radius 2 is 2.24 bits per heavy atom. The van der Waals surface area contributed by atoms with Gasteiger partial charge in [-0.05, 0) is 25.5 Å². The number of benzene rings is 1. The number of hydrogen-bond acceptors (Lipinski definition) is 2. The number of halogens is 2. The Morgan fingerprint density at radius 1 is 1.59 bits per heavy atom. The van der Waals surface area contributed by atoms with Crippen LogP contribution in [-0.2, 0) is 0 Å². The Hall–Kier alpha value is -1.13. The second-order valence-corrected chi connectivity index (χ2v) is 4.37. The van der Waals surface area contributed by atoms with E-state index in [0.717, 1.165) is 0 Å². The first kappa shape index (κ1) is 13.9. The number of nitrogens with zero attached hydrogens (tertiary/aromatic N) is 1. The van der Waals surface area contributed by atoms with Crippen LogP contribution in [0.3, 0.4) is 0 Å². The van der Waals surface area contributed by atoms with Gasteiger partial charge in [0.2, 0.25) is 0 Å². The first-order valence-corrected chi connectivity index (χ1v) is 5.68. The lowest BCUT2D eigenvalue weighted by molar-refractivity contribution is 0.0764. The zero-order valence-corrected chi connectivity index (χ0v) is 10.5. The zero-order chi connectivity index (χ0) is 13.0. The maximum Gasteiger partial charge on any atom is 0.258 e. The summed E-state index contributed by atoms with van der Waals surface area (Å²) < 4.78 is 13.5. The molecule has 0 bridgehead atoms. The van der Waals surface area contributed by atoms with Gasteiger partial charge in [0.15, 0.2) is 0 Å². The maximum atomic E-state index is 13.5. The van der Waals surface area contributed by atoms with Crippen molar-refractivity contribution in [3.63, 3.8) is 0 Å². The van der Waals surface area contributed by atoms with Crippen molar-refractivity contribution in [3.8, 4) is 0 Å². The minimum atomic E-state index is -0.633. The molecule has 1 aromatic rings. The molecular weight excluding hydrogens is 245 g/mol. The highest BCUT2D eigenvalue weighted by atomic mass is 35.5. The average molecular weight is 260 g/mol. The van der Waals surface area contributed by atoms with E-state index in [-0.39, 0.29) is 10.6 Å². The average Bonchev–Trinajstić information content (AvgIpc) is 2.25. The van der Waals surface area contributed by atoms with Crippen LogP contribution < -0.4 is 0 Å². The van der Waals surface area contributed by atoms with E-state index >= 15 is 0 Å². The van der Waals surface area contributed by atoms with Crippen molar-refractivity contribution in [2.45, 2.75) is 19.4 Å². The number of carbonyl (C=O) groups is 1. The predicted molar refractivity (Wildman–Crippen MR) is 64.7 cm³/mol. The molecule has 1 rings (SSSR count). The van der Waals surface area contributed by atoms with E-state index in [1.54, 1.807) is 14.0 Å². The standard InChI is InChI=1S/C12H15ClFNO2/c1-8(16)6-7-15(2)12(17)11-9(13)4-3-5-10(11)14/h3-5,8,16H,6-7H2,1-2H3. The SMILES string of the molecule is CC(O)CCN(C)C(=O)c1c(F)cccc1Cl. The second-order valence-electron chi connectivity index (χ2n) is 3.96. The lowest BCUT2D eigenvalue weighted by atomic mass is 10.1. The number of rotatable bonds is 4. The van der Waals surface area contributed by atoms with Crippen molar-refractivity contribution in [1.29, 1.82) is 0 Å². The molecule has 1 unspecified atom stereocenters. The molecule has 0 aliphatic carbocycles. The topological polar surface area (TPSA) is 40.5 Å². The highest BCUT2D eigenvalue weighted by molar-refractivity contribution is 6.33. The van der Waals surface area contributed by atoms with Crippen molar-refractivity contribution < 1.29 is 14.3 Å². The first-order chi connectivity index (χ1) is 7.93. The highest BCUT2D eigenvalue weighted by Gasteiger charge is 2.19. The molecule has 0 saturated heterocycles. The molecule has 0 spiro atoms. The molecule has 1 atom stereocenters. The summed E-state index contributed by atoms with van der Waals surface area (Å²) in [5.41, 5.74) is -0.123. The van der Waals surface area contributed by atoms with Gasteiger partial charge in [-0.15, -0.1) is 0 Å². The van der Waals surface area contributed by atoms with Crippen LogP contribution >= 0.6 is 11.6 Å². The zero-order valence-electron chi connectivity index (χ0n) is 9.78. The summed E-state index contributed by atoms with van der Waals surface area (Å²) >= 11 is 5.79. The molecule has 1 amide bonds. The van der Waals surface area contributed by atoms with Crippen LogP contribution in [0.1, 0.15) is 23.7 Å². The molecule has 17 heavy (non-hydrogen) atoms. The molecule has 1 N–H and O–H groups in total. The van der Waals surface area contributed by atoms with E-state index in [1.807, 2.05) is 0 Å². The Balaban J connectivity index is 2.82. The monoisotopic (exact) mass is 259 g/mol. The van der Waals surface area contributed by atoms with Crippen LogP contribution in [0.25, 0.3) is 0 Å². The van der Waals surface area contributed by atoms with E-state index in [9.17, 15) is 9.18 Å². The van der Waals surface area contributed by atoms with Crippen LogP contribution in [0.5, 0.6) is 0 Å². The van der Waals surface area contributed by atoms with Gasteiger partial charge in [-0.2, -0.15) is 0 Å². The van der Waals surface area contributed by atoms with Crippen molar-refractivity contribution in [1.82, 2.24) is 4.90 Å². The van der Waals surface area contributed by atoms with Crippen molar-refractivity contribution in [2.75, 3.05) is 13.6 Å². The number of aliphatic hydroxyl groups excluding tert-OH is 1. The smallest absolute Gasteiger partial charge is 0.258 e. The van der Waals surface area contributed by atoms with Gasteiger partial charge in [0.25, 0.3) is 5.91 Å². The highest BCUT2D eigenvalue weighted by Crippen LogP contribution is 2.20. The van der Waals surface area contributed by atoms with E-state index in [2.05, 4.69) is 0 Å². The van der Waals surface area contributed by atoms with Gasteiger partial charge in [-0.3, -0.25) is 4.79 Å². The van der Waals surface area contributed by atoms with Gasteiger partial charge in [-0.1, -0.05) is 17.7 Å². The fraction of sp³-hybridized carbons (Fsp3) is 0.417. The third-order valence-corrected chi connectivity index (χ3v) is 2.72. The molecule has 0 aliphatic rings. The summed E-state index contributed by atoms with van der Waals surface area (Å²) in [5.74, 6) is -1.11. The van der Waals surface area contributed by atoms with Crippen molar-refractivity contribution in [2.24, 2.45) is 0 Å². The van der Waals surface area contributed by atoms with E-state index in [4.69, 9.17) is 16.7 Å². The fourth-order valence-electron chi connectivity index (χ4n) is 1.38. The fourth-order valence-corrected chi connectivity index (χ4v) is 1.62. The molecule has 0 aliphatic heterocycles. The summed E-state index contributed by atoms with van der Waals surface area (Å²) in [6.07, 6.45) is -0.0600. The molecule has 0 aromatic heterocycles. The summed E-state index contributed by atoms with van der Waals surface area (Å²) in [6, 6.07) is 4.12. The maximum absolute atomic E-state index is 13.5. The quantitative estimate of drug-likeness (QED) is 0.902. The minimum Gasteiger partial charge on any atom is -0.393 e. The Labute approximate surface area is 105 Å². The van der Waals surface area contributed by atoms with Crippen LogP contribution in [0.2, 0.25) is 5.02 Å². The van der Waals surface area contributed by atoms with E-state index < -0.39 is 17.8 Å². The largest absolute Gasteiger partial charge is 0.393 e. The van der Waals surface area contributed by atoms with Crippen LogP contribution in [0.4, 0.5) is 4.39 Å². The summed E-state index contributed by atoms with van der Waals surface area (Å²) in [4.78, 5) is 13.3. The Morgan fingerprint density at radius 3 is 2.76 bits per heavy atom. The van der Waals surface area contributed by atoms with Gasteiger partial charge in [0, 0.05) is 13.6 Å². The summed E-state index contributed by atoms with van der Waals surface area (Å²) in [7, 11) is 1.55. The molecule has 3 nitrogen and oxygen atoms in total. The van der Waals surface area contributed by atoms with Crippen LogP contribution in [0.15, 0.2) is 18.2 Å². The van der Waals surface area contributed by atoms with Crippen molar-refractivity contribution >= 4 is 17.5 Å². The Bertz CT molecular complexity index is 389. The van der Waals surface area contributed by atoms with Gasteiger partial charge >= 0.3 is 0 Å². The summed E-state index contributed by atoms with van der Waals surface area (Å²) in [6.45, 7) is 1.98. The van der Waals surface area contributed by atoms with E-state index in [0.29, 0.717) is 13.0 Å². The molecular formula is C12H15ClFNO2. The van der Waals surface area contributed by atoms with Gasteiger partial charge < -0.3 is 10.0 Å². The normalized spacial score (nSPS) is 12.3. The molecule has 5 heteroatoms. The van der Waals surface area contributed by atoms with Crippen LogP contribution in [-0.4, -0.2) is 35.6 Å². The number of carbonyl (C=O) groups excluding carboxylic acids is 1. The molecule has 0 heterocycles. The molecule has 1 aromatic carbocycles. The van der Waals surface area contributed by atoms with E-state index in [1.165, 1.54) is 23.1 Å². The van der Waals surface area contributed by atoms with Gasteiger partial charge in [-0.25, -0.2) is 4.39 Å². The van der Waals surface area contributed by atoms with Gasteiger partial charge in [0.1, 0.15) is 5.82 Å². The molecule has 0 saturated carbocycles. The second kappa shape index (κ2) is 5.98. The number of hydrogen-bond donors (Lipinski definition) is 1. The van der Waals surface area contributed by atoms with Gasteiger partial charge in [0.05, 0.1) is 16.7 Å². The third-order valence-electron chi connectivity index (χ3n) is 2.41. The minimum absolute atomic E-state index is 0.0962. The lowest BCUT2D eigenvalue weighted by Crippen LogP contribution is -2.30. The lowest BCUT2D eigenvalue weighted by Gasteiger charge is -2.18. The number of aliphatic hydroxyl groups is 1. The summed E-state index contributed by atoms with van der Waals surface area (Å²) in [5, 5.41) is 9.22.